The summed E-state index contributed by atoms with van der Waals surface area (Å²) >= 11 is 6.52. The number of carbonyl (C=O) groups is 1. The van der Waals surface area contributed by atoms with Crippen LogP contribution in [-0.4, -0.2) is 56.7 Å². The standard InChI is InChI=1S/C16H19NO5S2/c1-19-6-5-17-15(18)14(24-16(17)23)8-10-7-12(21-3)13(22-4)9-11(10)20-2/h7-9H,5-6H2,1-4H3. The molecule has 1 saturated heterocycles. The van der Waals surface area contributed by atoms with Crippen molar-refractivity contribution < 1.29 is 23.7 Å². The molecule has 1 aliphatic rings. The molecule has 1 aromatic rings. The monoisotopic (exact) mass is 369 g/mol. The molecule has 0 atom stereocenters. The third kappa shape index (κ3) is 3.82. The highest BCUT2D eigenvalue weighted by Crippen LogP contribution is 2.38. The lowest BCUT2D eigenvalue weighted by Crippen LogP contribution is -2.31. The van der Waals surface area contributed by atoms with Crippen molar-refractivity contribution >= 4 is 40.3 Å². The quantitative estimate of drug-likeness (QED) is 0.541. The third-order valence-electron chi connectivity index (χ3n) is 3.42. The fourth-order valence-corrected chi connectivity index (χ4v) is 3.48. The first-order valence-electron chi connectivity index (χ1n) is 7.10. The average molecular weight is 369 g/mol. The molecule has 0 saturated carbocycles. The maximum absolute atomic E-state index is 12.5. The molecule has 2 rings (SSSR count). The van der Waals surface area contributed by atoms with Crippen LogP contribution in [0.25, 0.3) is 6.08 Å². The van der Waals surface area contributed by atoms with Crippen molar-refractivity contribution in [2.75, 3.05) is 41.6 Å². The summed E-state index contributed by atoms with van der Waals surface area (Å²) in [4.78, 5) is 14.6. The minimum absolute atomic E-state index is 0.140. The molecule has 1 aliphatic heterocycles. The summed E-state index contributed by atoms with van der Waals surface area (Å²) in [5.74, 6) is 1.55. The van der Waals surface area contributed by atoms with Crippen LogP contribution < -0.4 is 14.2 Å². The van der Waals surface area contributed by atoms with Crippen molar-refractivity contribution in [3.05, 3.63) is 22.6 Å². The molecule has 0 aliphatic carbocycles. The van der Waals surface area contributed by atoms with Crippen LogP contribution in [0.3, 0.4) is 0 Å². The smallest absolute Gasteiger partial charge is 0.266 e. The molecule has 0 N–H and O–H groups in total. The number of ether oxygens (including phenoxy) is 4. The van der Waals surface area contributed by atoms with Gasteiger partial charge in [0.05, 0.1) is 39.4 Å². The second-order valence-electron chi connectivity index (χ2n) is 4.78. The van der Waals surface area contributed by atoms with Crippen molar-refractivity contribution in [1.29, 1.82) is 0 Å². The number of amides is 1. The molecule has 1 heterocycles. The lowest BCUT2D eigenvalue weighted by Gasteiger charge is -2.13. The van der Waals surface area contributed by atoms with E-state index < -0.39 is 0 Å². The molecule has 0 bridgehead atoms. The van der Waals surface area contributed by atoms with Crippen LogP contribution in [0, 0.1) is 0 Å². The van der Waals surface area contributed by atoms with Gasteiger partial charge in [-0.25, -0.2) is 0 Å². The lowest BCUT2D eigenvalue weighted by molar-refractivity contribution is -0.122. The molecule has 0 spiro atoms. The molecule has 0 unspecified atom stereocenters. The Morgan fingerprint density at radius 1 is 1.08 bits per heavy atom. The SMILES string of the molecule is COCCN1C(=O)C(=Cc2cc(OC)c(OC)cc2OC)SC1=S. The fraction of sp³-hybridized carbons (Fsp3) is 0.375. The fourth-order valence-electron chi connectivity index (χ4n) is 2.18. The summed E-state index contributed by atoms with van der Waals surface area (Å²) in [5.41, 5.74) is 0.711. The maximum atomic E-state index is 12.5. The van der Waals surface area contributed by atoms with Crippen LogP contribution in [0.5, 0.6) is 17.2 Å². The number of thioether (sulfide) groups is 1. The summed E-state index contributed by atoms with van der Waals surface area (Å²) in [7, 11) is 6.25. The van der Waals surface area contributed by atoms with Gasteiger partial charge in [0, 0.05) is 18.7 Å². The van der Waals surface area contributed by atoms with Gasteiger partial charge in [-0.1, -0.05) is 24.0 Å². The van der Waals surface area contributed by atoms with E-state index in [4.69, 9.17) is 31.2 Å². The zero-order valence-electron chi connectivity index (χ0n) is 14.0. The van der Waals surface area contributed by atoms with Gasteiger partial charge < -0.3 is 18.9 Å². The Bertz CT molecular complexity index is 675. The minimum Gasteiger partial charge on any atom is -0.496 e. The Kier molecular flexibility index (Phi) is 6.47. The normalized spacial score (nSPS) is 16.0. The van der Waals surface area contributed by atoms with E-state index in [9.17, 15) is 4.79 Å². The molecule has 1 amide bonds. The molecule has 0 radical (unpaired) electrons. The van der Waals surface area contributed by atoms with Crippen LogP contribution in [0.4, 0.5) is 0 Å². The Balaban J connectivity index is 2.37. The predicted molar refractivity (Wildman–Crippen MR) is 97.9 cm³/mol. The summed E-state index contributed by atoms with van der Waals surface area (Å²) in [6, 6.07) is 3.48. The molecule has 6 nitrogen and oxygen atoms in total. The lowest BCUT2D eigenvalue weighted by atomic mass is 10.1. The van der Waals surface area contributed by atoms with Gasteiger partial charge in [-0.05, 0) is 12.1 Å². The zero-order chi connectivity index (χ0) is 17.7. The van der Waals surface area contributed by atoms with Crippen molar-refractivity contribution in [2.45, 2.75) is 0 Å². The van der Waals surface area contributed by atoms with Crippen molar-refractivity contribution in [3.63, 3.8) is 0 Å². The first kappa shape index (κ1) is 18.6. The molecular formula is C16H19NO5S2. The van der Waals surface area contributed by atoms with E-state index in [1.807, 2.05) is 0 Å². The highest BCUT2D eigenvalue weighted by Gasteiger charge is 2.32. The van der Waals surface area contributed by atoms with E-state index in [0.29, 0.717) is 45.2 Å². The molecule has 1 fully saturated rings. The maximum Gasteiger partial charge on any atom is 0.266 e. The number of hydrogen-bond donors (Lipinski definition) is 0. The molecule has 8 heteroatoms. The van der Waals surface area contributed by atoms with E-state index in [1.165, 1.54) is 16.7 Å². The third-order valence-corrected chi connectivity index (χ3v) is 4.79. The van der Waals surface area contributed by atoms with E-state index in [-0.39, 0.29) is 5.91 Å². The largest absolute Gasteiger partial charge is 0.496 e. The zero-order valence-corrected chi connectivity index (χ0v) is 15.6. The van der Waals surface area contributed by atoms with E-state index in [2.05, 4.69) is 0 Å². The van der Waals surface area contributed by atoms with Crippen molar-refractivity contribution in [1.82, 2.24) is 4.90 Å². The second-order valence-corrected chi connectivity index (χ2v) is 6.45. The van der Waals surface area contributed by atoms with E-state index in [1.54, 1.807) is 46.6 Å². The van der Waals surface area contributed by atoms with Gasteiger partial charge in [0.2, 0.25) is 0 Å². The number of hydrogen-bond acceptors (Lipinski definition) is 7. The van der Waals surface area contributed by atoms with Crippen LogP contribution >= 0.6 is 24.0 Å². The van der Waals surface area contributed by atoms with Crippen LogP contribution in [0.2, 0.25) is 0 Å². The number of rotatable bonds is 7. The average Bonchev–Trinajstić information content (AvgIpc) is 2.86. The topological polar surface area (TPSA) is 57.2 Å². The van der Waals surface area contributed by atoms with Crippen LogP contribution in [-0.2, 0) is 9.53 Å². The number of benzene rings is 1. The first-order chi connectivity index (χ1) is 11.5. The van der Waals surface area contributed by atoms with Gasteiger partial charge in [-0.3, -0.25) is 9.69 Å². The summed E-state index contributed by atoms with van der Waals surface area (Å²) in [5, 5.41) is 0. The van der Waals surface area contributed by atoms with Gasteiger partial charge in [0.25, 0.3) is 5.91 Å². The molecule has 130 valence electrons. The molecule has 0 aromatic heterocycles. The number of methoxy groups -OCH3 is 4. The number of thiocarbonyl (C=S) groups is 1. The van der Waals surface area contributed by atoms with E-state index >= 15 is 0 Å². The van der Waals surface area contributed by atoms with Gasteiger partial charge in [0.15, 0.2) is 11.5 Å². The van der Waals surface area contributed by atoms with Gasteiger partial charge in [0.1, 0.15) is 10.1 Å². The number of carbonyl (C=O) groups excluding carboxylic acids is 1. The Hall–Kier alpha value is -1.77. The Labute approximate surface area is 150 Å². The predicted octanol–water partition coefficient (Wildman–Crippen LogP) is 2.56. The van der Waals surface area contributed by atoms with Crippen molar-refractivity contribution in [2.24, 2.45) is 0 Å². The van der Waals surface area contributed by atoms with Gasteiger partial charge in [-0.2, -0.15) is 0 Å². The van der Waals surface area contributed by atoms with E-state index in [0.717, 1.165) is 0 Å². The first-order valence-corrected chi connectivity index (χ1v) is 8.32. The van der Waals surface area contributed by atoms with Crippen LogP contribution in [0.1, 0.15) is 5.56 Å². The second kappa shape index (κ2) is 8.36. The highest BCUT2D eigenvalue weighted by molar-refractivity contribution is 8.26. The molecule has 24 heavy (non-hydrogen) atoms. The molecule has 1 aromatic carbocycles. The highest BCUT2D eigenvalue weighted by atomic mass is 32.2. The minimum atomic E-state index is -0.140. The summed E-state index contributed by atoms with van der Waals surface area (Å²) in [6.07, 6.45) is 1.74. The number of nitrogens with zero attached hydrogens (tertiary/aromatic N) is 1. The van der Waals surface area contributed by atoms with Gasteiger partial charge >= 0.3 is 0 Å². The van der Waals surface area contributed by atoms with Crippen LogP contribution in [0.15, 0.2) is 17.0 Å². The summed E-state index contributed by atoms with van der Waals surface area (Å²) < 4.78 is 21.5. The van der Waals surface area contributed by atoms with Gasteiger partial charge in [-0.15, -0.1) is 0 Å². The van der Waals surface area contributed by atoms with Crippen molar-refractivity contribution in [3.8, 4) is 17.2 Å². The molecular weight excluding hydrogens is 350 g/mol. The Morgan fingerprint density at radius 2 is 1.71 bits per heavy atom. The Morgan fingerprint density at radius 3 is 2.29 bits per heavy atom. The summed E-state index contributed by atoms with van der Waals surface area (Å²) in [6.45, 7) is 0.862.